The number of rotatable bonds is 7. The predicted molar refractivity (Wildman–Crippen MR) is 121 cm³/mol. The van der Waals surface area contributed by atoms with Crippen LogP contribution in [0.1, 0.15) is 38.7 Å². The number of carbonyl (C=O) groups is 1. The summed E-state index contributed by atoms with van der Waals surface area (Å²) >= 11 is 5.93. The van der Waals surface area contributed by atoms with E-state index in [2.05, 4.69) is 10.3 Å². The van der Waals surface area contributed by atoms with Crippen LogP contribution in [0.2, 0.25) is 5.02 Å². The lowest BCUT2D eigenvalue weighted by atomic mass is 9.99. The quantitative estimate of drug-likeness (QED) is 0.673. The first-order valence-electron chi connectivity index (χ1n) is 10.5. The van der Waals surface area contributed by atoms with Gasteiger partial charge in [0.1, 0.15) is 0 Å². The molecule has 9 heteroatoms. The van der Waals surface area contributed by atoms with Gasteiger partial charge in [0.05, 0.1) is 4.90 Å². The van der Waals surface area contributed by atoms with Crippen molar-refractivity contribution in [3.8, 4) is 0 Å². The Balaban J connectivity index is 1.71. The minimum atomic E-state index is -3.70. The number of carbonyl (C=O) groups excluding carboxylic acids is 1. The van der Waals surface area contributed by atoms with E-state index in [9.17, 15) is 13.2 Å². The Morgan fingerprint density at radius 3 is 2.52 bits per heavy atom. The molecule has 1 aromatic carbocycles. The topological polar surface area (TPSA) is 82.6 Å². The third-order valence-corrected chi connectivity index (χ3v) is 7.96. The van der Waals surface area contributed by atoms with Crippen LogP contribution in [0.5, 0.6) is 0 Å². The minimum absolute atomic E-state index is 0.143. The Bertz CT molecular complexity index is 970. The number of aromatic nitrogens is 1. The van der Waals surface area contributed by atoms with Gasteiger partial charge in [-0.05, 0) is 68.7 Å². The summed E-state index contributed by atoms with van der Waals surface area (Å²) < 4.78 is 28.3. The van der Waals surface area contributed by atoms with E-state index in [-0.39, 0.29) is 29.6 Å². The summed E-state index contributed by atoms with van der Waals surface area (Å²) in [7, 11) is -3.70. The van der Waals surface area contributed by atoms with Gasteiger partial charge >= 0.3 is 6.03 Å². The molecule has 2 amide bonds. The third kappa shape index (κ3) is 5.75. The number of urea groups is 1. The zero-order valence-corrected chi connectivity index (χ0v) is 19.4. The van der Waals surface area contributed by atoms with Crippen LogP contribution in [0.3, 0.4) is 0 Å². The summed E-state index contributed by atoms with van der Waals surface area (Å²) in [5.41, 5.74) is 0.991. The molecule has 1 N–H and O–H groups in total. The van der Waals surface area contributed by atoms with E-state index in [1.807, 2.05) is 26.0 Å². The number of benzene rings is 1. The highest BCUT2D eigenvalue weighted by Gasteiger charge is 2.38. The number of amides is 2. The lowest BCUT2D eigenvalue weighted by Crippen LogP contribution is -2.54. The zero-order chi connectivity index (χ0) is 22.4. The van der Waals surface area contributed by atoms with Crippen molar-refractivity contribution in [1.82, 2.24) is 19.5 Å². The Morgan fingerprint density at radius 1 is 1.19 bits per heavy atom. The number of sulfonamides is 1. The van der Waals surface area contributed by atoms with Gasteiger partial charge in [-0.25, -0.2) is 13.2 Å². The summed E-state index contributed by atoms with van der Waals surface area (Å²) in [6.07, 6.45) is 5.81. The third-order valence-electron chi connectivity index (χ3n) is 5.62. The maximum absolute atomic E-state index is 13.3. The summed E-state index contributed by atoms with van der Waals surface area (Å²) in [6, 6.07) is 9.32. The molecule has 0 bridgehead atoms. The summed E-state index contributed by atoms with van der Waals surface area (Å²) in [5, 5.41) is 3.44. The van der Waals surface area contributed by atoms with Crippen LogP contribution < -0.4 is 5.32 Å². The molecule has 7 nitrogen and oxygen atoms in total. The van der Waals surface area contributed by atoms with Gasteiger partial charge in [0.25, 0.3) is 0 Å². The minimum Gasteiger partial charge on any atom is -0.336 e. The molecule has 1 aliphatic heterocycles. The highest BCUT2D eigenvalue weighted by atomic mass is 35.5. The molecule has 1 saturated heterocycles. The first-order chi connectivity index (χ1) is 14.8. The van der Waals surface area contributed by atoms with Crippen molar-refractivity contribution in [1.29, 1.82) is 0 Å². The predicted octanol–water partition coefficient (Wildman–Crippen LogP) is 3.90. The average molecular weight is 465 g/mol. The molecule has 3 rings (SSSR count). The van der Waals surface area contributed by atoms with Crippen molar-refractivity contribution in [3.63, 3.8) is 0 Å². The molecule has 0 unspecified atom stereocenters. The Hall–Kier alpha value is -2.16. The van der Waals surface area contributed by atoms with Crippen molar-refractivity contribution in [2.75, 3.05) is 13.1 Å². The van der Waals surface area contributed by atoms with Crippen LogP contribution in [0, 0.1) is 0 Å². The number of halogens is 1. The molecule has 2 heterocycles. The maximum atomic E-state index is 13.3. The zero-order valence-electron chi connectivity index (χ0n) is 17.9. The van der Waals surface area contributed by atoms with Gasteiger partial charge in [-0.15, -0.1) is 0 Å². The fourth-order valence-corrected chi connectivity index (χ4v) is 5.97. The van der Waals surface area contributed by atoms with E-state index in [1.54, 1.807) is 33.7 Å². The van der Waals surface area contributed by atoms with Crippen LogP contribution in [0.15, 0.2) is 53.7 Å². The van der Waals surface area contributed by atoms with Crippen molar-refractivity contribution in [2.45, 2.75) is 56.6 Å². The van der Waals surface area contributed by atoms with Gasteiger partial charge < -0.3 is 10.2 Å². The second kappa shape index (κ2) is 10.4. The Morgan fingerprint density at radius 2 is 1.87 bits per heavy atom. The van der Waals surface area contributed by atoms with Crippen LogP contribution in [-0.2, 0) is 16.6 Å². The molecular formula is C22H29ClN4O3S. The molecule has 31 heavy (non-hydrogen) atoms. The second-order valence-corrected chi connectivity index (χ2v) is 10.1. The number of hydrogen-bond donors (Lipinski definition) is 1. The first kappa shape index (κ1) is 23.5. The first-order valence-corrected chi connectivity index (χ1v) is 12.4. The van der Waals surface area contributed by atoms with Crippen molar-refractivity contribution >= 4 is 27.7 Å². The second-order valence-electron chi connectivity index (χ2n) is 7.78. The molecule has 168 valence electrons. The number of nitrogens with zero attached hydrogens (tertiary/aromatic N) is 3. The van der Waals surface area contributed by atoms with Crippen LogP contribution in [0.25, 0.3) is 0 Å². The van der Waals surface area contributed by atoms with Gasteiger partial charge in [0.2, 0.25) is 10.0 Å². The van der Waals surface area contributed by atoms with Crippen molar-refractivity contribution in [3.05, 3.63) is 59.4 Å². The molecule has 1 aliphatic rings. The van der Waals surface area contributed by atoms with Gasteiger partial charge in [-0.2, -0.15) is 4.31 Å². The van der Waals surface area contributed by atoms with Gasteiger partial charge in [0, 0.05) is 49.1 Å². The van der Waals surface area contributed by atoms with Crippen LogP contribution in [-0.4, -0.2) is 53.8 Å². The van der Waals surface area contributed by atoms with Crippen molar-refractivity contribution in [2.24, 2.45) is 0 Å². The highest BCUT2D eigenvalue weighted by molar-refractivity contribution is 7.89. The standard InChI is InChI=1S/C22H29ClN4O3S/c1-3-26(16-18-11-13-24-14-12-18)22(28)25-15-20-6-4-5-17(2)27(20)31(29,30)21-9-7-19(23)8-10-21/h7-14,17,20H,3-6,15-16H2,1-2H3,(H,25,28)/t17-,20-/m1/s1. The summed E-state index contributed by atoms with van der Waals surface area (Å²) in [4.78, 5) is 18.7. The largest absolute Gasteiger partial charge is 0.336 e. The van der Waals surface area contributed by atoms with Gasteiger partial charge in [0.15, 0.2) is 0 Å². The lowest BCUT2D eigenvalue weighted by molar-refractivity contribution is 0.172. The molecule has 2 aromatic rings. The molecule has 1 aromatic heterocycles. The normalized spacial score (nSPS) is 19.7. The fraction of sp³-hybridized carbons (Fsp3) is 0.455. The van der Waals surface area contributed by atoms with Crippen LogP contribution in [0.4, 0.5) is 4.79 Å². The number of pyridine rings is 1. The maximum Gasteiger partial charge on any atom is 0.317 e. The van der Waals surface area contributed by atoms with Crippen molar-refractivity contribution < 1.29 is 13.2 Å². The Labute approximate surface area is 189 Å². The molecular weight excluding hydrogens is 436 g/mol. The van der Waals surface area contributed by atoms with Gasteiger partial charge in [-0.3, -0.25) is 4.98 Å². The molecule has 0 spiro atoms. The number of hydrogen-bond acceptors (Lipinski definition) is 4. The number of piperidine rings is 1. The molecule has 0 aliphatic carbocycles. The lowest BCUT2D eigenvalue weighted by Gasteiger charge is -2.39. The van der Waals surface area contributed by atoms with E-state index >= 15 is 0 Å². The monoisotopic (exact) mass is 464 g/mol. The smallest absolute Gasteiger partial charge is 0.317 e. The molecule has 0 saturated carbocycles. The number of nitrogens with one attached hydrogen (secondary N) is 1. The fourth-order valence-electron chi connectivity index (χ4n) is 3.97. The van der Waals surface area contributed by atoms with Gasteiger partial charge in [-0.1, -0.05) is 18.0 Å². The molecule has 1 fully saturated rings. The van der Waals surface area contributed by atoms with Crippen LogP contribution >= 0.6 is 11.6 Å². The van der Waals surface area contributed by atoms with E-state index in [1.165, 1.54) is 12.1 Å². The SMILES string of the molecule is CCN(Cc1ccncc1)C(=O)NC[C@H]1CCC[C@@H](C)N1S(=O)(=O)c1ccc(Cl)cc1. The average Bonchev–Trinajstić information content (AvgIpc) is 2.76. The summed E-state index contributed by atoms with van der Waals surface area (Å²) in [6.45, 7) is 5.12. The molecule has 2 atom stereocenters. The van der Waals surface area contributed by atoms with E-state index in [0.29, 0.717) is 24.5 Å². The van der Waals surface area contributed by atoms with E-state index < -0.39 is 10.0 Å². The van der Waals surface area contributed by atoms with E-state index in [0.717, 1.165) is 18.4 Å². The highest BCUT2D eigenvalue weighted by Crippen LogP contribution is 2.30. The molecule has 0 radical (unpaired) electrons. The van der Waals surface area contributed by atoms with E-state index in [4.69, 9.17) is 11.6 Å². The Kier molecular flexibility index (Phi) is 7.91. The summed E-state index contributed by atoms with van der Waals surface area (Å²) in [5.74, 6) is 0.